The van der Waals surface area contributed by atoms with E-state index in [1.165, 1.54) is 0 Å². The number of benzene rings is 1. The van der Waals surface area contributed by atoms with Crippen LogP contribution in [0.2, 0.25) is 0 Å². The van der Waals surface area contributed by atoms with Crippen molar-refractivity contribution in [2.75, 3.05) is 26.2 Å². The minimum absolute atomic E-state index is 0.00853. The van der Waals surface area contributed by atoms with Gasteiger partial charge in [-0.1, -0.05) is 35.5 Å². The maximum absolute atomic E-state index is 12.6. The molecule has 1 unspecified atom stereocenters. The molecule has 1 N–H and O–H groups in total. The minimum Gasteiger partial charge on any atom is -0.385 e. The second-order valence-electron chi connectivity index (χ2n) is 6.90. The lowest BCUT2D eigenvalue weighted by Gasteiger charge is -2.36. The SMILES string of the molecule is Cc1cc(CN2CCN(C(=O)CC(C)(O)c3ccccc3)CC2)no1. The summed E-state index contributed by atoms with van der Waals surface area (Å²) in [5.74, 6) is 0.803. The van der Waals surface area contributed by atoms with E-state index in [1.807, 2.05) is 48.2 Å². The molecule has 2 heterocycles. The van der Waals surface area contributed by atoms with Gasteiger partial charge in [0.1, 0.15) is 5.76 Å². The van der Waals surface area contributed by atoms with E-state index in [2.05, 4.69) is 10.1 Å². The average molecular weight is 343 g/mol. The maximum Gasteiger partial charge on any atom is 0.225 e. The van der Waals surface area contributed by atoms with Gasteiger partial charge in [-0.05, 0) is 19.4 Å². The van der Waals surface area contributed by atoms with Crippen LogP contribution in [-0.4, -0.2) is 52.1 Å². The first kappa shape index (κ1) is 17.6. The monoisotopic (exact) mass is 343 g/mol. The smallest absolute Gasteiger partial charge is 0.225 e. The van der Waals surface area contributed by atoms with Crippen molar-refractivity contribution < 1.29 is 14.4 Å². The molecule has 3 rings (SSSR count). The summed E-state index contributed by atoms with van der Waals surface area (Å²) >= 11 is 0. The highest BCUT2D eigenvalue weighted by Gasteiger charge is 2.30. The summed E-state index contributed by atoms with van der Waals surface area (Å²) in [5, 5.41) is 14.7. The zero-order valence-electron chi connectivity index (χ0n) is 14.8. The lowest BCUT2D eigenvalue weighted by atomic mass is 9.92. The van der Waals surface area contributed by atoms with Gasteiger partial charge in [-0.2, -0.15) is 0 Å². The topological polar surface area (TPSA) is 69.8 Å². The first-order valence-electron chi connectivity index (χ1n) is 8.64. The van der Waals surface area contributed by atoms with Gasteiger partial charge in [0.05, 0.1) is 17.7 Å². The van der Waals surface area contributed by atoms with Crippen molar-refractivity contribution in [2.45, 2.75) is 32.4 Å². The van der Waals surface area contributed by atoms with Crippen molar-refractivity contribution in [3.05, 3.63) is 53.4 Å². The fourth-order valence-electron chi connectivity index (χ4n) is 3.18. The summed E-state index contributed by atoms with van der Waals surface area (Å²) in [4.78, 5) is 16.7. The number of amides is 1. The van der Waals surface area contributed by atoms with Crippen LogP contribution in [0.1, 0.15) is 30.4 Å². The molecule has 1 amide bonds. The predicted octanol–water partition coefficient (Wildman–Crippen LogP) is 1.93. The van der Waals surface area contributed by atoms with Crippen LogP contribution in [0.15, 0.2) is 40.9 Å². The van der Waals surface area contributed by atoms with E-state index in [0.29, 0.717) is 13.1 Å². The van der Waals surface area contributed by atoms with Crippen LogP contribution in [0, 0.1) is 6.92 Å². The molecular weight excluding hydrogens is 318 g/mol. The Hall–Kier alpha value is -2.18. The van der Waals surface area contributed by atoms with Crippen molar-refractivity contribution in [3.63, 3.8) is 0 Å². The van der Waals surface area contributed by atoms with Crippen LogP contribution >= 0.6 is 0 Å². The molecule has 1 aliphatic heterocycles. The van der Waals surface area contributed by atoms with Gasteiger partial charge in [0.15, 0.2) is 0 Å². The number of rotatable bonds is 5. The molecule has 0 radical (unpaired) electrons. The van der Waals surface area contributed by atoms with E-state index in [4.69, 9.17) is 4.52 Å². The molecule has 134 valence electrons. The summed E-state index contributed by atoms with van der Waals surface area (Å²) in [5.41, 5.74) is 0.543. The van der Waals surface area contributed by atoms with E-state index < -0.39 is 5.60 Å². The Morgan fingerprint density at radius 3 is 2.52 bits per heavy atom. The molecule has 1 saturated heterocycles. The van der Waals surface area contributed by atoms with Gasteiger partial charge >= 0.3 is 0 Å². The zero-order valence-corrected chi connectivity index (χ0v) is 14.8. The third kappa shape index (κ3) is 4.46. The van der Waals surface area contributed by atoms with Gasteiger partial charge in [0.25, 0.3) is 0 Å². The standard InChI is InChI=1S/C19H25N3O3/c1-15-12-17(20-25-15)14-21-8-10-22(11-9-21)18(23)13-19(2,24)16-6-4-3-5-7-16/h3-7,12,24H,8-11,13-14H2,1-2H3. The van der Waals surface area contributed by atoms with E-state index in [9.17, 15) is 9.90 Å². The molecule has 0 spiro atoms. The summed E-state index contributed by atoms with van der Waals surface area (Å²) in [6.45, 7) is 7.24. The number of carbonyl (C=O) groups is 1. The lowest BCUT2D eigenvalue weighted by molar-refractivity contribution is -0.138. The Bertz CT molecular complexity index is 704. The quantitative estimate of drug-likeness (QED) is 0.898. The van der Waals surface area contributed by atoms with Crippen LogP contribution in [0.3, 0.4) is 0 Å². The molecule has 0 aliphatic carbocycles. The molecule has 1 fully saturated rings. The van der Waals surface area contributed by atoms with Crippen LogP contribution in [0.4, 0.5) is 0 Å². The maximum atomic E-state index is 12.6. The Morgan fingerprint density at radius 2 is 1.92 bits per heavy atom. The van der Waals surface area contributed by atoms with Crippen molar-refractivity contribution in [2.24, 2.45) is 0 Å². The molecule has 0 bridgehead atoms. The third-order valence-corrected chi connectivity index (χ3v) is 4.68. The predicted molar refractivity (Wildman–Crippen MR) is 93.7 cm³/mol. The van der Waals surface area contributed by atoms with Gasteiger partial charge in [-0.25, -0.2) is 0 Å². The molecule has 0 saturated carbocycles. The van der Waals surface area contributed by atoms with Gasteiger partial charge in [0.2, 0.25) is 5.91 Å². The minimum atomic E-state index is -1.15. The van der Waals surface area contributed by atoms with E-state index in [1.54, 1.807) is 6.92 Å². The fourth-order valence-corrected chi connectivity index (χ4v) is 3.18. The third-order valence-electron chi connectivity index (χ3n) is 4.68. The van der Waals surface area contributed by atoms with Crippen LogP contribution in [-0.2, 0) is 16.9 Å². The van der Waals surface area contributed by atoms with Crippen LogP contribution < -0.4 is 0 Å². The molecule has 6 nitrogen and oxygen atoms in total. The van der Waals surface area contributed by atoms with Gasteiger partial charge in [0, 0.05) is 38.8 Å². The average Bonchev–Trinajstić information content (AvgIpc) is 3.01. The van der Waals surface area contributed by atoms with Gasteiger partial charge in [-0.15, -0.1) is 0 Å². The molecule has 25 heavy (non-hydrogen) atoms. The number of aryl methyl sites for hydroxylation is 1. The summed E-state index contributed by atoms with van der Waals surface area (Å²) < 4.78 is 5.09. The molecule has 1 aromatic heterocycles. The number of hydrogen-bond acceptors (Lipinski definition) is 5. The highest BCUT2D eigenvalue weighted by atomic mass is 16.5. The molecule has 1 aliphatic rings. The first-order chi connectivity index (χ1) is 11.9. The number of aromatic nitrogens is 1. The molecule has 1 aromatic carbocycles. The van der Waals surface area contributed by atoms with E-state index in [0.717, 1.165) is 36.7 Å². The molecule has 2 aromatic rings. The van der Waals surface area contributed by atoms with Crippen molar-refractivity contribution in [1.29, 1.82) is 0 Å². The second-order valence-corrected chi connectivity index (χ2v) is 6.90. The van der Waals surface area contributed by atoms with Gasteiger partial charge < -0.3 is 14.5 Å². The molecular formula is C19H25N3O3. The normalized spacial score (nSPS) is 18.1. The van der Waals surface area contributed by atoms with Crippen molar-refractivity contribution in [3.8, 4) is 0 Å². The zero-order chi connectivity index (χ0) is 17.9. The Labute approximate surface area is 148 Å². The lowest BCUT2D eigenvalue weighted by Crippen LogP contribution is -2.49. The summed E-state index contributed by atoms with van der Waals surface area (Å²) in [6.07, 6.45) is 0.0967. The number of carbonyl (C=O) groups excluding carboxylic acids is 1. The number of nitrogens with zero attached hydrogens (tertiary/aromatic N) is 3. The van der Waals surface area contributed by atoms with E-state index >= 15 is 0 Å². The number of hydrogen-bond donors (Lipinski definition) is 1. The highest BCUT2D eigenvalue weighted by molar-refractivity contribution is 5.77. The fraction of sp³-hybridized carbons (Fsp3) is 0.474. The summed E-state index contributed by atoms with van der Waals surface area (Å²) in [6, 6.07) is 11.3. The molecule has 6 heteroatoms. The number of piperazine rings is 1. The Balaban J connectivity index is 1.51. The Morgan fingerprint density at radius 1 is 1.24 bits per heavy atom. The first-order valence-corrected chi connectivity index (χ1v) is 8.64. The summed E-state index contributed by atoms with van der Waals surface area (Å²) in [7, 11) is 0. The highest BCUT2D eigenvalue weighted by Crippen LogP contribution is 2.25. The second kappa shape index (κ2) is 7.37. The number of aliphatic hydroxyl groups is 1. The Kier molecular flexibility index (Phi) is 5.20. The van der Waals surface area contributed by atoms with Crippen LogP contribution in [0.25, 0.3) is 0 Å². The molecule has 1 atom stereocenters. The van der Waals surface area contributed by atoms with Gasteiger partial charge in [-0.3, -0.25) is 9.69 Å². The largest absolute Gasteiger partial charge is 0.385 e. The van der Waals surface area contributed by atoms with E-state index in [-0.39, 0.29) is 12.3 Å². The van der Waals surface area contributed by atoms with Crippen molar-refractivity contribution >= 4 is 5.91 Å². The van der Waals surface area contributed by atoms with Crippen LogP contribution in [0.5, 0.6) is 0 Å². The van der Waals surface area contributed by atoms with Crippen molar-refractivity contribution in [1.82, 2.24) is 15.0 Å².